The molecule has 1 saturated heterocycles. The second kappa shape index (κ2) is 2.45. The van der Waals surface area contributed by atoms with Crippen LogP contribution >= 0.6 is 0 Å². The zero-order valence-corrected chi connectivity index (χ0v) is 7.31. The van der Waals surface area contributed by atoms with Crippen molar-refractivity contribution in [2.75, 3.05) is 18.8 Å². The van der Waals surface area contributed by atoms with Crippen molar-refractivity contribution < 1.29 is 8.42 Å². The molecule has 2 aliphatic rings. The molecule has 0 unspecified atom stereocenters. The summed E-state index contributed by atoms with van der Waals surface area (Å²) in [6.45, 7) is 1.52. The standard InChI is InChI=1S/C7H13NO2S/c9-11(10,6-7-2-3-7)8-4-1-5-8/h7H,1-6H2. The highest BCUT2D eigenvalue weighted by Crippen LogP contribution is 2.31. The van der Waals surface area contributed by atoms with Crippen LogP contribution in [0.15, 0.2) is 0 Å². The Kier molecular flexibility index (Phi) is 1.68. The lowest BCUT2D eigenvalue weighted by Crippen LogP contribution is -2.43. The maximum Gasteiger partial charge on any atom is 0.214 e. The topological polar surface area (TPSA) is 37.4 Å². The van der Waals surface area contributed by atoms with Crippen LogP contribution in [0.3, 0.4) is 0 Å². The molecule has 0 amide bonds. The molecule has 1 heterocycles. The van der Waals surface area contributed by atoms with Gasteiger partial charge in [-0.2, -0.15) is 0 Å². The molecule has 0 aromatic carbocycles. The van der Waals surface area contributed by atoms with Gasteiger partial charge in [0, 0.05) is 13.1 Å². The summed E-state index contributed by atoms with van der Waals surface area (Å²) in [6.07, 6.45) is 3.28. The molecule has 2 rings (SSSR count). The first-order chi connectivity index (χ1) is 5.18. The lowest BCUT2D eigenvalue weighted by Gasteiger charge is -2.29. The molecule has 0 bridgehead atoms. The van der Waals surface area contributed by atoms with Crippen molar-refractivity contribution in [2.45, 2.75) is 19.3 Å². The number of hydrogen-bond acceptors (Lipinski definition) is 2. The summed E-state index contributed by atoms with van der Waals surface area (Å²) in [5.74, 6) is 0.896. The normalized spacial score (nSPS) is 26.5. The fourth-order valence-electron chi connectivity index (χ4n) is 1.25. The summed E-state index contributed by atoms with van der Waals surface area (Å²) in [5, 5.41) is 0. The van der Waals surface area contributed by atoms with E-state index in [9.17, 15) is 8.42 Å². The van der Waals surface area contributed by atoms with Crippen LogP contribution in [0.4, 0.5) is 0 Å². The molecule has 64 valence electrons. The molecule has 0 spiro atoms. The van der Waals surface area contributed by atoms with Crippen LogP contribution in [0.25, 0.3) is 0 Å². The van der Waals surface area contributed by atoms with Gasteiger partial charge in [-0.3, -0.25) is 0 Å². The lowest BCUT2D eigenvalue weighted by atomic mass is 10.3. The highest BCUT2D eigenvalue weighted by molar-refractivity contribution is 7.89. The van der Waals surface area contributed by atoms with E-state index in [1.807, 2.05) is 0 Å². The fourth-order valence-corrected chi connectivity index (χ4v) is 3.21. The molecule has 0 radical (unpaired) electrons. The van der Waals surface area contributed by atoms with E-state index in [4.69, 9.17) is 0 Å². The van der Waals surface area contributed by atoms with Crippen molar-refractivity contribution >= 4 is 10.0 Å². The van der Waals surface area contributed by atoms with Crippen LogP contribution in [-0.4, -0.2) is 31.6 Å². The lowest BCUT2D eigenvalue weighted by molar-refractivity contribution is 0.308. The van der Waals surface area contributed by atoms with Crippen LogP contribution in [-0.2, 0) is 10.0 Å². The fraction of sp³-hybridized carbons (Fsp3) is 1.00. The van der Waals surface area contributed by atoms with Crippen LogP contribution in [0.2, 0.25) is 0 Å². The first-order valence-corrected chi connectivity index (χ1v) is 5.77. The predicted octanol–water partition coefficient (Wildman–Crippen LogP) is 0.432. The minimum atomic E-state index is -2.83. The number of rotatable bonds is 3. The van der Waals surface area contributed by atoms with E-state index >= 15 is 0 Å². The maximum atomic E-state index is 11.4. The molecule has 1 aliphatic carbocycles. The summed E-state index contributed by atoms with van der Waals surface area (Å²) < 4.78 is 24.4. The molecule has 0 N–H and O–H groups in total. The zero-order chi connectivity index (χ0) is 7.90. The molecule has 11 heavy (non-hydrogen) atoms. The monoisotopic (exact) mass is 175 g/mol. The van der Waals surface area contributed by atoms with Gasteiger partial charge in [-0.25, -0.2) is 12.7 Å². The summed E-state index contributed by atoms with van der Waals surface area (Å²) >= 11 is 0. The van der Waals surface area contributed by atoms with Gasteiger partial charge < -0.3 is 0 Å². The van der Waals surface area contributed by atoms with Crippen molar-refractivity contribution in [1.82, 2.24) is 4.31 Å². The van der Waals surface area contributed by atoms with Crippen LogP contribution in [0.5, 0.6) is 0 Å². The third-order valence-corrected chi connectivity index (χ3v) is 4.40. The van der Waals surface area contributed by atoms with E-state index in [1.165, 1.54) is 0 Å². The van der Waals surface area contributed by atoms with E-state index in [0.29, 0.717) is 11.7 Å². The van der Waals surface area contributed by atoms with Gasteiger partial charge in [0.25, 0.3) is 0 Å². The second-order valence-electron chi connectivity index (χ2n) is 3.47. The van der Waals surface area contributed by atoms with Gasteiger partial charge in [0.2, 0.25) is 10.0 Å². The smallest absolute Gasteiger partial charge is 0.212 e. The van der Waals surface area contributed by atoms with Crippen molar-refractivity contribution in [3.8, 4) is 0 Å². The molecule has 0 aromatic heterocycles. The Balaban J connectivity index is 1.95. The molecule has 1 saturated carbocycles. The van der Waals surface area contributed by atoms with Crippen molar-refractivity contribution in [3.63, 3.8) is 0 Å². The van der Waals surface area contributed by atoms with Gasteiger partial charge in [-0.05, 0) is 25.2 Å². The Morgan fingerprint density at radius 1 is 1.27 bits per heavy atom. The summed E-state index contributed by atoms with van der Waals surface area (Å²) in [4.78, 5) is 0. The minimum Gasteiger partial charge on any atom is -0.212 e. The van der Waals surface area contributed by atoms with Crippen LogP contribution in [0.1, 0.15) is 19.3 Å². The Morgan fingerprint density at radius 3 is 2.27 bits per heavy atom. The van der Waals surface area contributed by atoms with Crippen molar-refractivity contribution in [3.05, 3.63) is 0 Å². The summed E-state index contributed by atoms with van der Waals surface area (Å²) in [6, 6.07) is 0. The first-order valence-electron chi connectivity index (χ1n) is 4.16. The van der Waals surface area contributed by atoms with Crippen LogP contribution < -0.4 is 0 Å². The molecule has 3 nitrogen and oxygen atoms in total. The third kappa shape index (κ3) is 1.56. The third-order valence-electron chi connectivity index (χ3n) is 2.35. The van der Waals surface area contributed by atoms with E-state index in [-0.39, 0.29) is 0 Å². The van der Waals surface area contributed by atoms with Gasteiger partial charge in [-0.15, -0.1) is 0 Å². The van der Waals surface area contributed by atoms with Crippen LogP contribution in [0, 0.1) is 5.92 Å². The van der Waals surface area contributed by atoms with Crippen molar-refractivity contribution in [1.29, 1.82) is 0 Å². The van der Waals surface area contributed by atoms with E-state index in [1.54, 1.807) is 4.31 Å². The first kappa shape index (κ1) is 7.55. The predicted molar refractivity (Wildman–Crippen MR) is 42.7 cm³/mol. The second-order valence-corrected chi connectivity index (χ2v) is 5.49. The average molecular weight is 175 g/mol. The minimum absolute atomic E-state index is 0.410. The zero-order valence-electron chi connectivity index (χ0n) is 6.49. The molecular formula is C7H13NO2S. The van der Waals surface area contributed by atoms with E-state index in [0.717, 1.165) is 32.4 Å². The van der Waals surface area contributed by atoms with E-state index < -0.39 is 10.0 Å². The average Bonchev–Trinajstić information content (AvgIpc) is 2.40. The molecular weight excluding hydrogens is 162 g/mol. The van der Waals surface area contributed by atoms with Gasteiger partial charge >= 0.3 is 0 Å². The summed E-state index contributed by atoms with van der Waals surface area (Å²) in [7, 11) is -2.83. The quantitative estimate of drug-likeness (QED) is 0.624. The van der Waals surface area contributed by atoms with Gasteiger partial charge in [0.15, 0.2) is 0 Å². The van der Waals surface area contributed by atoms with Gasteiger partial charge in [0.1, 0.15) is 0 Å². The Bertz CT molecular complexity index is 239. The van der Waals surface area contributed by atoms with Gasteiger partial charge in [-0.1, -0.05) is 0 Å². The highest BCUT2D eigenvalue weighted by atomic mass is 32.2. The maximum absolute atomic E-state index is 11.4. The molecule has 1 aliphatic heterocycles. The number of nitrogens with zero attached hydrogens (tertiary/aromatic N) is 1. The van der Waals surface area contributed by atoms with Crippen molar-refractivity contribution in [2.24, 2.45) is 5.92 Å². The number of sulfonamides is 1. The van der Waals surface area contributed by atoms with Gasteiger partial charge in [0.05, 0.1) is 5.75 Å². The molecule has 4 heteroatoms. The Hall–Kier alpha value is -0.0900. The summed E-state index contributed by atoms with van der Waals surface area (Å²) in [5.41, 5.74) is 0. The highest BCUT2D eigenvalue weighted by Gasteiger charge is 2.34. The molecule has 0 aromatic rings. The Labute approximate surface area is 67.4 Å². The Morgan fingerprint density at radius 2 is 1.91 bits per heavy atom. The molecule has 2 fully saturated rings. The number of hydrogen-bond donors (Lipinski definition) is 0. The largest absolute Gasteiger partial charge is 0.214 e. The SMILES string of the molecule is O=S(=O)(CC1CC1)N1CCC1. The molecule has 0 atom stereocenters. The van der Waals surface area contributed by atoms with E-state index in [2.05, 4.69) is 0 Å².